The second kappa shape index (κ2) is 11.1. The Morgan fingerprint density at radius 2 is 1.71 bits per heavy atom. The summed E-state index contributed by atoms with van der Waals surface area (Å²) in [4.78, 5) is 34.1. The lowest BCUT2D eigenvalue weighted by Crippen LogP contribution is -2.39. The Balaban J connectivity index is 1.93. The largest absolute Gasteiger partial charge is 0.493 e. The van der Waals surface area contributed by atoms with Gasteiger partial charge in [-0.25, -0.2) is 9.79 Å². The number of hydrogen-bond acceptors (Lipinski definition) is 9. The first-order chi connectivity index (χ1) is 18.2. The van der Waals surface area contributed by atoms with Gasteiger partial charge in [0.1, 0.15) is 0 Å². The highest BCUT2D eigenvalue weighted by atomic mass is 32.1. The van der Waals surface area contributed by atoms with Crippen LogP contribution in [-0.4, -0.2) is 52.6 Å². The van der Waals surface area contributed by atoms with Crippen LogP contribution in [0.3, 0.4) is 0 Å². The van der Waals surface area contributed by atoms with E-state index >= 15 is 0 Å². The van der Waals surface area contributed by atoms with E-state index in [1.165, 1.54) is 32.7 Å². The van der Waals surface area contributed by atoms with Gasteiger partial charge in [0, 0.05) is 19.8 Å². The average Bonchev–Trinajstić information content (AvgIpc) is 3.21. The number of fused-ring (bicyclic) bond motifs is 1. The quantitative estimate of drug-likeness (QED) is 0.408. The minimum absolute atomic E-state index is 0.216. The number of rotatable bonds is 8. The molecule has 1 atom stereocenters. The number of anilines is 1. The summed E-state index contributed by atoms with van der Waals surface area (Å²) in [5.74, 6) is 0.925. The first-order valence-corrected chi connectivity index (χ1v) is 12.8. The van der Waals surface area contributed by atoms with Crippen LogP contribution in [0, 0.1) is 0 Å². The van der Waals surface area contributed by atoms with Gasteiger partial charge in [-0.2, -0.15) is 0 Å². The molecule has 0 N–H and O–H groups in total. The number of allylic oxidation sites excluding steroid dienone is 1. The summed E-state index contributed by atoms with van der Waals surface area (Å²) in [6.45, 7) is 3.73. The van der Waals surface area contributed by atoms with Crippen LogP contribution in [0.1, 0.15) is 31.0 Å². The number of benzene rings is 2. The van der Waals surface area contributed by atoms with Crippen LogP contribution in [-0.2, 0) is 9.53 Å². The molecule has 38 heavy (non-hydrogen) atoms. The van der Waals surface area contributed by atoms with E-state index in [0.717, 1.165) is 11.3 Å². The van der Waals surface area contributed by atoms with E-state index in [1.54, 1.807) is 36.6 Å². The van der Waals surface area contributed by atoms with Gasteiger partial charge >= 0.3 is 5.97 Å². The number of carbonyl (C=O) groups excluding carboxylic acids is 1. The summed E-state index contributed by atoms with van der Waals surface area (Å²) in [7, 11) is 8.52. The van der Waals surface area contributed by atoms with Gasteiger partial charge in [-0.1, -0.05) is 23.5 Å². The molecule has 1 aromatic heterocycles. The predicted molar refractivity (Wildman–Crippen MR) is 147 cm³/mol. The molecule has 0 amide bonds. The maximum Gasteiger partial charge on any atom is 0.338 e. The standard InChI is InChI=1S/C28H31N3O6S/c1-8-37-27(33)23-16(2)29-28-31(24(23)18-9-11-19(12-10-18)30(3)4)26(32)22(38-28)15-17-13-20(34-5)25(36-7)21(14-17)35-6/h9-15,24H,8H2,1-7H3/b22-15+. The molecule has 2 heterocycles. The Hall–Kier alpha value is -4.05. The van der Waals surface area contributed by atoms with Crippen molar-refractivity contribution in [1.29, 1.82) is 0 Å². The minimum Gasteiger partial charge on any atom is -0.493 e. The molecule has 1 aliphatic heterocycles. The summed E-state index contributed by atoms with van der Waals surface area (Å²) >= 11 is 1.25. The van der Waals surface area contributed by atoms with Crippen molar-refractivity contribution in [1.82, 2.24) is 4.57 Å². The third-order valence-corrected chi connectivity index (χ3v) is 7.21. The second-order valence-corrected chi connectivity index (χ2v) is 9.76. The first kappa shape index (κ1) is 27.0. The summed E-state index contributed by atoms with van der Waals surface area (Å²) in [6, 6.07) is 10.6. The Bertz CT molecular complexity index is 1540. The fourth-order valence-corrected chi connectivity index (χ4v) is 5.44. The van der Waals surface area contributed by atoms with Crippen molar-refractivity contribution >= 4 is 29.1 Å². The van der Waals surface area contributed by atoms with Gasteiger partial charge in [0.25, 0.3) is 5.56 Å². The van der Waals surface area contributed by atoms with E-state index in [9.17, 15) is 9.59 Å². The third kappa shape index (κ3) is 4.91. The van der Waals surface area contributed by atoms with Crippen molar-refractivity contribution < 1.29 is 23.7 Å². The number of ether oxygens (including phenoxy) is 4. The normalized spacial score (nSPS) is 15.0. The van der Waals surface area contributed by atoms with Crippen molar-refractivity contribution in [3.8, 4) is 17.2 Å². The van der Waals surface area contributed by atoms with Crippen molar-refractivity contribution in [3.63, 3.8) is 0 Å². The van der Waals surface area contributed by atoms with Crippen LogP contribution in [0.4, 0.5) is 5.69 Å². The van der Waals surface area contributed by atoms with E-state index in [0.29, 0.717) is 43.4 Å². The maximum atomic E-state index is 13.9. The molecule has 0 aliphatic carbocycles. The Labute approximate surface area is 224 Å². The van der Waals surface area contributed by atoms with Gasteiger partial charge in [0.15, 0.2) is 16.3 Å². The maximum absolute atomic E-state index is 13.9. The molecular formula is C28H31N3O6S. The molecule has 9 nitrogen and oxygen atoms in total. The number of aromatic nitrogens is 1. The van der Waals surface area contributed by atoms with Crippen LogP contribution >= 0.6 is 11.3 Å². The number of thiazole rings is 1. The average molecular weight is 538 g/mol. The predicted octanol–water partition coefficient (Wildman–Crippen LogP) is 2.89. The molecule has 200 valence electrons. The molecule has 10 heteroatoms. The molecule has 0 spiro atoms. The number of hydrogen-bond donors (Lipinski definition) is 0. The lowest BCUT2D eigenvalue weighted by molar-refractivity contribution is -0.139. The molecule has 4 rings (SSSR count). The van der Waals surface area contributed by atoms with Crippen LogP contribution in [0.15, 0.2) is 57.5 Å². The highest BCUT2D eigenvalue weighted by molar-refractivity contribution is 7.07. The Kier molecular flexibility index (Phi) is 7.91. The van der Waals surface area contributed by atoms with E-state index in [1.807, 2.05) is 43.3 Å². The summed E-state index contributed by atoms with van der Waals surface area (Å²) in [5, 5.41) is 0. The molecule has 0 saturated carbocycles. The fourth-order valence-electron chi connectivity index (χ4n) is 4.40. The zero-order chi connectivity index (χ0) is 27.6. The number of methoxy groups -OCH3 is 3. The summed E-state index contributed by atoms with van der Waals surface area (Å²) in [5.41, 5.74) is 3.08. The highest BCUT2D eigenvalue weighted by Crippen LogP contribution is 2.38. The van der Waals surface area contributed by atoms with Crippen LogP contribution in [0.25, 0.3) is 6.08 Å². The van der Waals surface area contributed by atoms with Crippen molar-refractivity contribution in [3.05, 3.63) is 78.5 Å². The fraction of sp³-hybridized carbons (Fsp3) is 0.321. The molecule has 1 aliphatic rings. The van der Waals surface area contributed by atoms with E-state index in [-0.39, 0.29) is 12.2 Å². The SMILES string of the molecule is CCOC(=O)C1=C(C)N=c2s/c(=C/c3cc(OC)c(OC)c(OC)c3)c(=O)n2C1c1ccc(N(C)C)cc1. The van der Waals surface area contributed by atoms with Gasteiger partial charge < -0.3 is 23.8 Å². The van der Waals surface area contributed by atoms with Crippen molar-refractivity contribution in [2.45, 2.75) is 19.9 Å². The summed E-state index contributed by atoms with van der Waals surface area (Å²) < 4.78 is 23.7. The van der Waals surface area contributed by atoms with Crippen LogP contribution < -0.4 is 34.0 Å². The number of nitrogens with zero attached hydrogens (tertiary/aromatic N) is 3. The summed E-state index contributed by atoms with van der Waals surface area (Å²) in [6.07, 6.45) is 1.75. The molecule has 0 radical (unpaired) electrons. The second-order valence-electron chi connectivity index (χ2n) is 8.75. The van der Waals surface area contributed by atoms with Gasteiger partial charge in [0.05, 0.1) is 49.8 Å². The minimum atomic E-state index is -0.677. The molecule has 2 aromatic carbocycles. The van der Waals surface area contributed by atoms with Crippen molar-refractivity contribution in [2.75, 3.05) is 46.9 Å². The van der Waals surface area contributed by atoms with Gasteiger partial charge in [-0.3, -0.25) is 9.36 Å². The Morgan fingerprint density at radius 3 is 2.24 bits per heavy atom. The number of carbonyl (C=O) groups is 1. The first-order valence-electron chi connectivity index (χ1n) is 12.0. The van der Waals surface area contributed by atoms with E-state index in [4.69, 9.17) is 18.9 Å². The van der Waals surface area contributed by atoms with Gasteiger partial charge in [-0.05, 0) is 55.3 Å². The van der Waals surface area contributed by atoms with Crippen LogP contribution in [0.2, 0.25) is 0 Å². The van der Waals surface area contributed by atoms with Crippen molar-refractivity contribution in [2.24, 2.45) is 4.99 Å². The smallest absolute Gasteiger partial charge is 0.338 e. The molecule has 3 aromatic rings. The molecule has 1 unspecified atom stereocenters. The zero-order valence-electron chi connectivity index (χ0n) is 22.5. The lowest BCUT2D eigenvalue weighted by Gasteiger charge is -2.25. The third-order valence-electron chi connectivity index (χ3n) is 6.23. The molecular weight excluding hydrogens is 506 g/mol. The lowest BCUT2D eigenvalue weighted by atomic mass is 9.95. The van der Waals surface area contributed by atoms with Crippen LogP contribution in [0.5, 0.6) is 17.2 Å². The molecule has 0 saturated heterocycles. The molecule has 0 fully saturated rings. The van der Waals surface area contributed by atoms with E-state index in [2.05, 4.69) is 4.99 Å². The topological polar surface area (TPSA) is 91.6 Å². The van der Waals surface area contributed by atoms with Gasteiger partial charge in [0.2, 0.25) is 5.75 Å². The Morgan fingerprint density at radius 1 is 1.08 bits per heavy atom. The highest BCUT2D eigenvalue weighted by Gasteiger charge is 2.33. The van der Waals surface area contributed by atoms with E-state index < -0.39 is 12.0 Å². The zero-order valence-corrected chi connectivity index (χ0v) is 23.3. The van der Waals surface area contributed by atoms with Gasteiger partial charge in [-0.15, -0.1) is 0 Å². The molecule has 0 bridgehead atoms. The monoisotopic (exact) mass is 537 g/mol. The number of esters is 1.